The molecule has 9 nitrogen and oxygen atoms in total. The van der Waals surface area contributed by atoms with Gasteiger partial charge in [0.05, 0.1) is 24.1 Å². The van der Waals surface area contributed by atoms with Crippen LogP contribution in [0.3, 0.4) is 0 Å². The Bertz CT molecular complexity index is 1520. The van der Waals surface area contributed by atoms with Gasteiger partial charge >= 0.3 is 0 Å². The molecule has 0 spiro atoms. The van der Waals surface area contributed by atoms with Crippen molar-refractivity contribution in [2.24, 2.45) is 4.99 Å². The van der Waals surface area contributed by atoms with Crippen LogP contribution < -0.4 is 10.5 Å². The standard InChI is InChI=1S/C31H37N7O2/c1-36-15-17-37(18-16-36)23-8-10-24(11-9-23)38-26-13-14-33-31(32)29(26)30(35-38)21-7-12-25(28(19-21)40-2)34-20-22-5-3-4-6-27(22)39/h3-7,12-14,19-20,23-24,39H,8-11,15-18H2,1-2H3,(H2,32,33)/b34-20+. The first-order chi connectivity index (χ1) is 19.5. The van der Waals surface area contributed by atoms with Gasteiger partial charge in [0.25, 0.3) is 0 Å². The van der Waals surface area contributed by atoms with Crippen LogP contribution in [0, 0.1) is 0 Å². The van der Waals surface area contributed by atoms with Crippen molar-refractivity contribution in [3.63, 3.8) is 0 Å². The van der Waals surface area contributed by atoms with Crippen molar-refractivity contribution in [1.29, 1.82) is 0 Å². The van der Waals surface area contributed by atoms with Crippen molar-refractivity contribution >= 4 is 28.6 Å². The van der Waals surface area contributed by atoms with Crippen LogP contribution in [-0.4, -0.2) is 82.3 Å². The molecule has 3 heterocycles. The third-order valence-electron chi connectivity index (χ3n) is 8.45. The van der Waals surface area contributed by atoms with Crippen molar-refractivity contribution in [2.45, 2.75) is 37.8 Å². The van der Waals surface area contributed by atoms with E-state index in [9.17, 15) is 5.11 Å². The Morgan fingerprint density at radius 2 is 1.75 bits per heavy atom. The number of aliphatic imine (C=N–C) groups is 1. The summed E-state index contributed by atoms with van der Waals surface area (Å²) in [6, 6.07) is 15.9. The monoisotopic (exact) mass is 539 g/mol. The fraction of sp³-hybridized carbons (Fsp3) is 0.387. The van der Waals surface area contributed by atoms with E-state index in [1.807, 2.05) is 36.4 Å². The van der Waals surface area contributed by atoms with Crippen LogP contribution >= 0.6 is 0 Å². The summed E-state index contributed by atoms with van der Waals surface area (Å²) in [6.45, 7) is 4.64. The molecule has 1 aliphatic heterocycles. The minimum Gasteiger partial charge on any atom is -0.507 e. The minimum atomic E-state index is 0.180. The lowest BCUT2D eigenvalue weighted by atomic mass is 9.89. The van der Waals surface area contributed by atoms with Crippen molar-refractivity contribution in [3.8, 4) is 22.8 Å². The number of rotatable bonds is 6. The Morgan fingerprint density at radius 3 is 2.50 bits per heavy atom. The molecule has 3 N–H and O–H groups in total. The second-order valence-electron chi connectivity index (χ2n) is 10.9. The Hall–Kier alpha value is -3.95. The molecule has 2 fully saturated rings. The third-order valence-corrected chi connectivity index (χ3v) is 8.45. The number of piperazine rings is 1. The lowest BCUT2D eigenvalue weighted by Crippen LogP contribution is -2.49. The molecular formula is C31H37N7O2. The maximum Gasteiger partial charge on any atom is 0.145 e. The highest BCUT2D eigenvalue weighted by atomic mass is 16.5. The molecule has 4 aromatic rings. The molecule has 0 radical (unpaired) electrons. The molecule has 2 aromatic carbocycles. The first kappa shape index (κ1) is 26.3. The lowest BCUT2D eigenvalue weighted by Gasteiger charge is -2.41. The van der Waals surface area contributed by atoms with Gasteiger partial charge in [-0.25, -0.2) is 4.98 Å². The molecule has 2 aliphatic rings. The number of benzene rings is 2. The van der Waals surface area contributed by atoms with E-state index in [1.54, 1.807) is 31.7 Å². The van der Waals surface area contributed by atoms with Gasteiger partial charge in [-0.1, -0.05) is 18.2 Å². The van der Waals surface area contributed by atoms with Crippen LogP contribution in [0.2, 0.25) is 0 Å². The third kappa shape index (κ3) is 5.14. The van der Waals surface area contributed by atoms with Crippen LogP contribution in [0.4, 0.5) is 11.5 Å². The molecule has 0 atom stereocenters. The molecule has 2 aromatic heterocycles. The van der Waals surface area contributed by atoms with Crippen LogP contribution in [-0.2, 0) is 0 Å². The SMILES string of the molecule is COc1cc(-c2nn(C3CCC(N4CCN(C)CC4)CC3)c3ccnc(N)c23)ccc1/N=C/c1ccccc1O. The number of para-hydroxylation sites is 1. The Balaban J connectivity index is 1.28. The number of nitrogens with two attached hydrogens (primary N) is 1. The molecular weight excluding hydrogens is 502 g/mol. The van der Waals surface area contributed by atoms with E-state index < -0.39 is 0 Å². The fourth-order valence-corrected chi connectivity index (χ4v) is 6.12. The number of methoxy groups -OCH3 is 1. The molecule has 1 aliphatic carbocycles. The summed E-state index contributed by atoms with van der Waals surface area (Å²) in [4.78, 5) is 14.1. The molecule has 208 valence electrons. The maximum atomic E-state index is 10.1. The molecule has 0 unspecified atom stereocenters. The number of pyridine rings is 1. The van der Waals surface area contributed by atoms with Gasteiger partial charge < -0.3 is 20.5 Å². The normalized spacial score (nSPS) is 20.9. The molecule has 40 heavy (non-hydrogen) atoms. The van der Waals surface area contributed by atoms with Gasteiger partial charge in [-0.05, 0) is 63.1 Å². The quantitative estimate of drug-likeness (QED) is 0.337. The van der Waals surface area contributed by atoms with Crippen LogP contribution in [0.15, 0.2) is 59.7 Å². The van der Waals surface area contributed by atoms with Gasteiger partial charge in [0.15, 0.2) is 0 Å². The lowest BCUT2D eigenvalue weighted by molar-refractivity contribution is 0.0816. The van der Waals surface area contributed by atoms with Crippen molar-refractivity contribution in [1.82, 2.24) is 24.6 Å². The zero-order valence-corrected chi connectivity index (χ0v) is 23.2. The first-order valence-corrected chi connectivity index (χ1v) is 14.1. The maximum absolute atomic E-state index is 10.1. The number of hydrogen-bond donors (Lipinski definition) is 2. The summed E-state index contributed by atoms with van der Waals surface area (Å²) >= 11 is 0. The number of aromatic nitrogens is 3. The molecule has 1 saturated heterocycles. The van der Waals surface area contributed by atoms with Crippen LogP contribution in [0.25, 0.3) is 22.2 Å². The Kier molecular flexibility index (Phi) is 7.40. The highest BCUT2D eigenvalue weighted by molar-refractivity contribution is 6.00. The van der Waals surface area contributed by atoms with E-state index in [0.29, 0.717) is 34.9 Å². The fourth-order valence-electron chi connectivity index (χ4n) is 6.12. The molecule has 1 saturated carbocycles. The van der Waals surface area contributed by atoms with Gasteiger partial charge in [-0.2, -0.15) is 5.10 Å². The Morgan fingerprint density at radius 1 is 1.00 bits per heavy atom. The van der Waals surface area contributed by atoms with Crippen LogP contribution in [0.1, 0.15) is 37.3 Å². The Labute approximate surface area is 234 Å². The average Bonchev–Trinajstić information content (AvgIpc) is 3.38. The number of phenols is 1. The smallest absolute Gasteiger partial charge is 0.145 e. The van der Waals surface area contributed by atoms with Gasteiger partial charge in [0.1, 0.15) is 28.7 Å². The molecule has 0 bridgehead atoms. The molecule has 9 heteroatoms. The highest BCUT2D eigenvalue weighted by Crippen LogP contribution is 2.40. The summed E-state index contributed by atoms with van der Waals surface area (Å²) in [5.41, 5.74) is 10.5. The number of phenolic OH excluding ortho intramolecular Hbond substituents is 1. The van der Waals surface area contributed by atoms with E-state index in [-0.39, 0.29) is 5.75 Å². The minimum absolute atomic E-state index is 0.180. The molecule has 6 rings (SSSR count). The zero-order valence-electron chi connectivity index (χ0n) is 23.2. The predicted octanol–water partition coefficient (Wildman–Crippen LogP) is 4.88. The topological polar surface area (TPSA) is 105 Å². The van der Waals surface area contributed by atoms with Crippen LogP contribution in [0.5, 0.6) is 11.5 Å². The molecule has 0 amide bonds. The van der Waals surface area contributed by atoms with E-state index in [4.69, 9.17) is 15.6 Å². The first-order valence-electron chi connectivity index (χ1n) is 14.1. The number of hydrogen-bond acceptors (Lipinski definition) is 8. The number of nitrogen functional groups attached to an aromatic ring is 1. The second-order valence-corrected chi connectivity index (χ2v) is 10.9. The van der Waals surface area contributed by atoms with Crippen molar-refractivity contribution < 1.29 is 9.84 Å². The summed E-state index contributed by atoms with van der Waals surface area (Å²) in [5, 5.41) is 16.1. The summed E-state index contributed by atoms with van der Waals surface area (Å²) in [7, 11) is 3.84. The van der Waals surface area contributed by atoms with Gasteiger partial charge in [0, 0.05) is 55.8 Å². The van der Waals surface area contributed by atoms with E-state index in [0.717, 1.165) is 61.2 Å². The van der Waals surface area contributed by atoms with Gasteiger partial charge in [-0.15, -0.1) is 0 Å². The number of nitrogens with zero attached hydrogens (tertiary/aromatic N) is 6. The van der Waals surface area contributed by atoms with E-state index in [2.05, 4.69) is 31.5 Å². The summed E-state index contributed by atoms with van der Waals surface area (Å²) in [6.07, 6.45) is 7.97. The van der Waals surface area contributed by atoms with Gasteiger partial charge in [-0.3, -0.25) is 14.6 Å². The predicted molar refractivity (Wildman–Crippen MR) is 160 cm³/mol. The second kappa shape index (κ2) is 11.3. The summed E-state index contributed by atoms with van der Waals surface area (Å²) in [5.74, 6) is 1.27. The van der Waals surface area contributed by atoms with Crippen molar-refractivity contribution in [2.75, 3.05) is 46.1 Å². The van der Waals surface area contributed by atoms with Crippen molar-refractivity contribution in [3.05, 3.63) is 60.3 Å². The number of ether oxygens (including phenoxy) is 1. The van der Waals surface area contributed by atoms with E-state index >= 15 is 0 Å². The number of fused-ring (bicyclic) bond motifs is 1. The summed E-state index contributed by atoms with van der Waals surface area (Å²) < 4.78 is 7.88. The van der Waals surface area contributed by atoms with E-state index in [1.165, 1.54) is 12.8 Å². The largest absolute Gasteiger partial charge is 0.507 e. The number of anilines is 1. The van der Waals surface area contributed by atoms with Gasteiger partial charge in [0.2, 0.25) is 0 Å². The average molecular weight is 540 g/mol. The zero-order chi connectivity index (χ0) is 27.6. The highest BCUT2D eigenvalue weighted by Gasteiger charge is 2.30. The number of likely N-dealkylation sites (N-methyl/N-ethyl adjacent to an activating group) is 1. The number of aromatic hydroxyl groups is 1.